The molecule has 9 heteroatoms. The number of nitrogens with zero attached hydrogens (tertiary/aromatic N) is 2. The van der Waals surface area contributed by atoms with E-state index in [1.807, 2.05) is 23.1 Å². The number of fused-ring (bicyclic) bond motifs is 1. The van der Waals surface area contributed by atoms with Gasteiger partial charge in [-0.15, -0.1) is 12.4 Å². The average Bonchev–Trinajstić information content (AvgIpc) is 3.23. The van der Waals surface area contributed by atoms with Gasteiger partial charge in [0.1, 0.15) is 17.8 Å². The number of pyridine rings is 1. The molecule has 3 aromatic rings. The fourth-order valence-electron chi connectivity index (χ4n) is 5.88. The van der Waals surface area contributed by atoms with Gasteiger partial charge in [0.2, 0.25) is 0 Å². The molecular formula is C27H30ClFN4O3. The van der Waals surface area contributed by atoms with Crippen LogP contribution in [0.15, 0.2) is 47.3 Å². The minimum atomic E-state index is -0.700. The predicted molar refractivity (Wildman–Crippen MR) is 141 cm³/mol. The van der Waals surface area contributed by atoms with Crippen molar-refractivity contribution in [2.75, 3.05) is 31.1 Å². The molecule has 2 aromatic carbocycles. The van der Waals surface area contributed by atoms with Gasteiger partial charge in [-0.1, -0.05) is 18.2 Å². The van der Waals surface area contributed by atoms with Crippen LogP contribution in [-0.2, 0) is 6.54 Å². The Balaban J connectivity index is 0.00000267. The number of aliphatic hydroxyl groups excluding tert-OH is 1. The van der Waals surface area contributed by atoms with E-state index in [1.165, 1.54) is 6.07 Å². The summed E-state index contributed by atoms with van der Waals surface area (Å²) in [5, 5.41) is 25.0. The molecule has 4 N–H and O–H groups in total. The first kappa shape index (κ1) is 24.8. The highest BCUT2D eigenvalue weighted by atomic mass is 35.5. The Hall–Kier alpha value is -2.91. The Bertz CT molecular complexity index is 1370. The third-order valence-electron chi connectivity index (χ3n) is 7.63. The molecule has 7 nitrogen and oxygen atoms in total. The van der Waals surface area contributed by atoms with E-state index < -0.39 is 6.23 Å². The molecule has 0 bridgehead atoms. The molecule has 0 spiro atoms. The number of aromatic amines is 1. The van der Waals surface area contributed by atoms with Gasteiger partial charge in [-0.25, -0.2) is 4.39 Å². The lowest BCUT2D eigenvalue weighted by Crippen LogP contribution is -2.44. The van der Waals surface area contributed by atoms with Gasteiger partial charge in [0.05, 0.1) is 11.1 Å². The summed E-state index contributed by atoms with van der Waals surface area (Å²) >= 11 is 0. The van der Waals surface area contributed by atoms with Crippen LogP contribution in [0.2, 0.25) is 0 Å². The number of aromatic hydroxyl groups is 1. The number of hydrogen-bond acceptors (Lipinski definition) is 6. The molecule has 0 radical (unpaired) electrons. The van der Waals surface area contributed by atoms with E-state index in [0.29, 0.717) is 24.5 Å². The van der Waals surface area contributed by atoms with Crippen molar-refractivity contribution in [2.24, 2.45) is 0 Å². The van der Waals surface area contributed by atoms with E-state index in [2.05, 4.69) is 15.2 Å². The highest BCUT2D eigenvalue weighted by Crippen LogP contribution is 2.44. The zero-order valence-electron chi connectivity index (χ0n) is 19.8. The number of hydrogen-bond donors (Lipinski definition) is 4. The van der Waals surface area contributed by atoms with Crippen LogP contribution in [0.4, 0.5) is 10.1 Å². The van der Waals surface area contributed by atoms with Crippen LogP contribution in [0, 0.1) is 5.82 Å². The second-order valence-electron chi connectivity index (χ2n) is 9.84. The van der Waals surface area contributed by atoms with Gasteiger partial charge in [0.25, 0.3) is 5.56 Å². The van der Waals surface area contributed by atoms with E-state index in [4.69, 9.17) is 0 Å². The summed E-state index contributed by atoms with van der Waals surface area (Å²) in [4.78, 5) is 19.6. The molecule has 0 saturated carbocycles. The summed E-state index contributed by atoms with van der Waals surface area (Å²) < 4.78 is 14.8. The number of piperidine rings is 1. The molecule has 3 aliphatic rings. The summed E-state index contributed by atoms with van der Waals surface area (Å²) in [6, 6.07) is 10.6. The molecule has 1 saturated heterocycles. The van der Waals surface area contributed by atoms with Gasteiger partial charge in [0, 0.05) is 42.9 Å². The van der Waals surface area contributed by atoms with E-state index >= 15 is 0 Å². The number of benzene rings is 2. The Morgan fingerprint density at radius 3 is 2.78 bits per heavy atom. The Labute approximate surface area is 214 Å². The molecule has 4 heterocycles. The number of H-pyrrole nitrogens is 1. The van der Waals surface area contributed by atoms with Crippen LogP contribution < -0.4 is 15.8 Å². The first-order valence-electron chi connectivity index (χ1n) is 12.2. The number of likely N-dealkylation sites (tertiary alicyclic amines) is 1. The molecule has 0 amide bonds. The van der Waals surface area contributed by atoms with Crippen LogP contribution in [0.25, 0.3) is 16.8 Å². The van der Waals surface area contributed by atoms with Crippen molar-refractivity contribution in [1.82, 2.24) is 15.2 Å². The highest BCUT2D eigenvalue weighted by Gasteiger charge is 2.38. The van der Waals surface area contributed by atoms with Crippen LogP contribution in [-0.4, -0.2) is 58.5 Å². The van der Waals surface area contributed by atoms with E-state index in [1.54, 1.807) is 24.3 Å². The normalized spacial score (nSPS) is 21.6. The number of halogens is 2. The maximum Gasteiger partial charge on any atom is 0.259 e. The van der Waals surface area contributed by atoms with Crippen molar-refractivity contribution < 1.29 is 14.6 Å². The Morgan fingerprint density at radius 2 is 1.97 bits per heavy atom. The van der Waals surface area contributed by atoms with Gasteiger partial charge in [0.15, 0.2) is 0 Å². The van der Waals surface area contributed by atoms with Gasteiger partial charge >= 0.3 is 0 Å². The van der Waals surface area contributed by atoms with Gasteiger partial charge in [-0.3, -0.25) is 4.79 Å². The van der Waals surface area contributed by atoms with E-state index in [-0.39, 0.29) is 35.5 Å². The average molecular weight is 513 g/mol. The lowest BCUT2D eigenvalue weighted by Gasteiger charge is -2.34. The van der Waals surface area contributed by atoms with Gasteiger partial charge < -0.3 is 30.3 Å². The van der Waals surface area contributed by atoms with Gasteiger partial charge in [-0.05, 0) is 67.2 Å². The number of rotatable bonds is 5. The monoisotopic (exact) mass is 512 g/mol. The van der Waals surface area contributed by atoms with Gasteiger partial charge in [-0.2, -0.15) is 0 Å². The molecule has 6 rings (SSSR count). The summed E-state index contributed by atoms with van der Waals surface area (Å²) in [7, 11) is 0. The molecule has 1 fully saturated rings. The third-order valence-corrected chi connectivity index (χ3v) is 7.63. The second-order valence-corrected chi connectivity index (χ2v) is 9.84. The number of anilines is 1. The molecule has 190 valence electrons. The quantitative estimate of drug-likeness (QED) is 0.419. The lowest BCUT2D eigenvalue weighted by atomic mass is 9.95. The van der Waals surface area contributed by atoms with E-state index in [9.17, 15) is 19.4 Å². The summed E-state index contributed by atoms with van der Waals surface area (Å²) in [6.07, 6.45) is 4.87. The second kappa shape index (κ2) is 9.86. The molecule has 0 aliphatic carbocycles. The summed E-state index contributed by atoms with van der Waals surface area (Å²) in [5.74, 6) is -0.164. The number of phenolic OH excluding ortho intramolecular Hbond substituents is 1. The van der Waals surface area contributed by atoms with Crippen molar-refractivity contribution in [3.63, 3.8) is 0 Å². The zero-order chi connectivity index (χ0) is 24.1. The molecule has 2 unspecified atom stereocenters. The Kier molecular flexibility index (Phi) is 6.78. The fourth-order valence-corrected chi connectivity index (χ4v) is 5.88. The van der Waals surface area contributed by atoms with Crippen LogP contribution >= 0.6 is 12.4 Å². The number of aliphatic hydroxyl groups is 1. The lowest BCUT2D eigenvalue weighted by molar-refractivity contribution is 0.182. The smallest absolute Gasteiger partial charge is 0.259 e. The van der Waals surface area contributed by atoms with Crippen molar-refractivity contribution in [3.05, 3.63) is 75.5 Å². The third kappa shape index (κ3) is 4.39. The maximum absolute atomic E-state index is 14.8. The molecule has 36 heavy (non-hydrogen) atoms. The molecule has 1 aromatic heterocycles. The molecule has 3 aliphatic heterocycles. The minimum Gasteiger partial charge on any atom is -0.507 e. The van der Waals surface area contributed by atoms with Crippen LogP contribution in [0.1, 0.15) is 35.6 Å². The zero-order valence-corrected chi connectivity index (χ0v) is 20.6. The maximum atomic E-state index is 14.8. The standard InChI is InChI=1S/C27H29FN4O3.ClH/c28-21-6-4-16-5-7-23(34)32-15-18(24(21)26(16)32)14-31-10-8-19(9-11-31)29-13-20-12-17-2-1-3-22(33)25(17)27(35)30-20;/h1-7,12,18-19,23,29,33-34H,8-11,13-15H2,(H,30,35);1H. The Morgan fingerprint density at radius 1 is 1.17 bits per heavy atom. The summed E-state index contributed by atoms with van der Waals surface area (Å²) in [5.41, 5.74) is 3.07. The van der Waals surface area contributed by atoms with E-state index in [0.717, 1.165) is 60.4 Å². The molecular weight excluding hydrogens is 483 g/mol. The van der Waals surface area contributed by atoms with Crippen molar-refractivity contribution in [2.45, 2.75) is 37.6 Å². The van der Waals surface area contributed by atoms with Crippen molar-refractivity contribution >= 4 is 34.9 Å². The predicted octanol–water partition coefficient (Wildman–Crippen LogP) is 3.30. The highest BCUT2D eigenvalue weighted by molar-refractivity contribution is 5.87. The first-order chi connectivity index (χ1) is 17.0. The number of nitrogens with one attached hydrogen (secondary N) is 2. The first-order valence-corrected chi connectivity index (χ1v) is 12.2. The van der Waals surface area contributed by atoms with Crippen LogP contribution in [0.5, 0.6) is 5.75 Å². The fraction of sp³-hybridized carbons (Fsp3) is 0.370. The molecule has 2 atom stereocenters. The number of aromatic nitrogens is 1. The number of phenols is 1. The SMILES string of the molecule is Cl.O=c1[nH]c(CNC2CCN(CC3CN4c5c(ccc(F)c53)C=CC4O)CC2)cc2cccc(O)c12. The van der Waals surface area contributed by atoms with Crippen LogP contribution in [0.3, 0.4) is 0 Å². The topological polar surface area (TPSA) is 91.8 Å². The largest absolute Gasteiger partial charge is 0.507 e. The summed E-state index contributed by atoms with van der Waals surface area (Å²) in [6.45, 7) is 3.76. The minimum absolute atomic E-state index is 0. The van der Waals surface area contributed by atoms with Crippen molar-refractivity contribution in [3.8, 4) is 5.75 Å². The van der Waals surface area contributed by atoms with Crippen molar-refractivity contribution in [1.29, 1.82) is 0 Å².